The van der Waals surface area contributed by atoms with Gasteiger partial charge in [-0.15, -0.1) is 11.3 Å². The molecule has 2 unspecified atom stereocenters. The van der Waals surface area contributed by atoms with Gasteiger partial charge in [-0.05, 0) is 11.4 Å². The summed E-state index contributed by atoms with van der Waals surface area (Å²) >= 11 is 1.61. The average molecular weight is 303 g/mol. The molecule has 1 aromatic heterocycles. The van der Waals surface area contributed by atoms with Crippen LogP contribution in [-0.2, 0) is 21.2 Å². The Morgan fingerprint density at radius 3 is 3.05 bits per heavy atom. The smallest absolute Gasteiger partial charge is 0.173 e. The van der Waals surface area contributed by atoms with Crippen molar-refractivity contribution in [2.45, 2.75) is 18.8 Å². The molecule has 106 valence electrons. The van der Waals surface area contributed by atoms with Crippen LogP contribution in [-0.4, -0.2) is 44.6 Å². The Hall–Kier alpha value is -0.730. The van der Waals surface area contributed by atoms with Crippen molar-refractivity contribution in [2.24, 2.45) is 0 Å². The van der Waals surface area contributed by atoms with Crippen molar-refractivity contribution in [1.82, 2.24) is 5.32 Å². The van der Waals surface area contributed by atoms with Crippen LogP contribution in [0.25, 0.3) is 0 Å². The van der Waals surface area contributed by atoms with Gasteiger partial charge in [-0.3, -0.25) is 0 Å². The second-order valence-electron chi connectivity index (χ2n) is 4.42. The monoisotopic (exact) mass is 303 g/mol. The van der Waals surface area contributed by atoms with Crippen molar-refractivity contribution in [2.75, 3.05) is 18.9 Å². The van der Waals surface area contributed by atoms with Crippen LogP contribution in [0.4, 0.5) is 0 Å². The van der Waals surface area contributed by atoms with Gasteiger partial charge in [0.2, 0.25) is 0 Å². The molecule has 0 saturated heterocycles. The number of aliphatic hydroxyl groups is 1. The van der Waals surface area contributed by atoms with Gasteiger partial charge in [0.15, 0.2) is 9.84 Å². The Labute approximate surface area is 116 Å². The maximum absolute atomic E-state index is 11.2. The molecule has 5 nitrogen and oxygen atoms in total. The van der Waals surface area contributed by atoms with Gasteiger partial charge in [0, 0.05) is 22.9 Å². The summed E-state index contributed by atoms with van der Waals surface area (Å²) in [5.41, 5.74) is 0. The van der Waals surface area contributed by atoms with Crippen LogP contribution in [0, 0.1) is 0 Å². The molecule has 2 rings (SSSR count). The summed E-state index contributed by atoms with van der Waals surface area (Å²) in [7, 11) is -3.04. The van der Waals surface area contributed by atoms with E-state index in [4.69, 9.17) is 4.74 Å². The third-order valence-corrected chi connectivity index (χ3v) is 4.93. The van der Waals surface area contributed by atoms with Gasteiger partial charge in [0.1, 0.15) is 0 Å². The molecule has 2 atom stereocenters. The fourth-order valence-electron chi connectivity index (χ4n) is 1.74. The minimum absolute atomic E-state index is 0.0653. The fraction of sp³-hybridized carbons (Fsp3) is 0.500. The van der Waals surface area contributed by atoms with E-state index in [1.54, 1.807) is 17.4 Å². The number of hydrogen-bond donors (Lipinski definition) is 2. The molecule has 2 heterocycles. The normalized spacial score (nSPS) is 22.7. The predicted molar refractivity (Wildman–Crippen MR) is 74.7 cm³/mol. The van der Waals surface area contributed by atoms with Gasteiger partial charge in [-0.2, -0.15) is 0 Å². The summed E-state index contributed by atoms with van der Waals surface area (Å²) in [5, 5.41) is 15.9. The van der Waals surface area contributed by atoms with Gasteiger partial charge in [0.25, 0.3) is 0 Å². The van der Waals surface area contributed by atoms with E-state index in [2.05, 4.69) is 5.32 Å². The molecule has 1 aromatic rings. The summed E-state index contributed by atoms with van der Waals surface area (Å²) in [6.07, 6.45) is 0.964. The zero-order valence-corrected chi connectivity index (χ0v) is 12.0. The quantitative estimate of drug-likeness (QED) is 0.768. The molecule has 2 N–H and O–H groups in total. The minimum atomic E-state index is -3.04. The summed E-state index contributed by atoms with van der Waals surface area (Å²) < 4.78 is 27.7. The molecule has 1 aliphatic rings. The van der Waals surface area contributed by atoms with Gasteiger partial charge < -0.3 is 15.2 Å². The molecule has 1 aliphatic heterocycles. The molecule has 0 saturated carbocycles. The van der Waals surface area contributed by atoms with E-state index in [1.165, 1.54) is 5.41 Å². The molecule has 0 aliphatic carbocycles. The van der Waals surface area contributed by atoms with Gasteiger partial charge in [-0.25, -0.2) is 8.42 Å². The third-order valence-electron chi connectivity index (χ3n) is 2.68. The van der Waals surface area contributed by atoms with Crippen LogP contribution in [0.2, 0.25) is 0 Å². The van der Waals surface area contributed by atoms with Crippen molar-refractivity contribution in [1.29, 1.82) is 0 Å². The first-order valence-electron chi connectivity index (χ1n) is 5.98. The summed E-state index contributed by atoms with van der Waals surface area (Å²) in [6.45, 7) is 1.04. The predicted octanol–water partition coefficient (Wildman–Crippen LogP) is 0.526. The lowest BCUT2D eigenvalue weighted by Crippen LogP contribution is -2.38. The van der Waals surface area contributed by atoms with E-state index in [1.807, 2.05) is 17.5 Å². The SMILES string of the molecule is O=S1(=O)C=CC(NCC(O)COCc2cccs2)C1. The van der Waals surface area contributed by atoms with Crippen molar-refractivity contribution in [3.8, 4) is 0 Å². The lowest BCUT2D eigenvalue weighted by Gasteiger charge is -2.14. The van der Waals surface area contributed by atoms with Crippen molar-refractivity contribution >= 4 is 21.2 Å². The highest BCUT2D eigenvalue weighted by atomic mass is 32.2. The summed E-state index contributed by atoms with van der Waals surface area (Å²) in [5.74, 6) is 0.0653. The maximum Gasteiger partial charge on any atom is 0.173 e. The Balaban J connectivity index is 1.60. The van der Waals surface area contributed by atoms with Crippen LogP contribution in [0.3, 0.4) is 0 Å². The van der Waals surface area contributed by atoms with E-state index < -0.39 is 15.9 Å². The second kappa shape index (κ2) is 6.62. The van der Waals surface area contributed by atoms with Crippen LogP contribution in [0.15, 0.2) is 29.0 Å². The molecule has 0 aromatic carbocycles. The highest BCUT2D eigenvalue weighted by Gasteiger charge is 2.21. The van der Waals surface area contributed by atoms with Gasteiger partial charge in [-0.1, -0.05) is 12.1 Å². The maximum atomic E-state index is 11.2. The van der Waals surface area contributed by atoms with Crippen molar-refractivity contribution < 1.29 is 18.3 Å². The van der Waals surface area contributed by atoms with Gasteiger partial charge >= 0.3 is 0 Å². The first-order valence-corrected chi connectivity index (χ1v) is 8.57. The van der Waals surface area contributed by atoms with E-state index in [-0.39, 0.29) is 18.4 Å². The molecule has 0 fully saturated rings. The zero-order chi connectivity index (χ0) is 13.7. The van der Waals surface area contributed by atoms with Crippen LogP contribution in [0.5, 0.6) is 0 Å². The largest absolute Gasteiger partial charge is 0.389 e. The zero-order valence-electron chi connectivity index (χ0n) is 10.4. The van der Waals surface area contributed by atoms with E-state index >= 15 is 0 Å². The number of hydrogen-bond acceptors (Lipinski definition) is 6. The lowest BCUT2D eigenvalue weighted by atomic mass is 10.3. The molecule has 0 spiro atoms. The first kappa shape index (κ1) is 14.7. The van der Waals surface area contributed by atoms with Crippen LogP contribution < -0.4 is 5.32 Å². The minimum Gasteiger partial charge on any atom is -0.389 e. The molecule has 7 heteroatoms. The topological polar surface area (TPSA) is 75.6 Å². The van der Waals surface area contributed by atoms with Crippen LogP contribution in [0.1, 0.15) is 4.88 Å². The number of sulfone groups is 1. The standard InChI is InChI=1S/C12H17NO4S2/c14-11(7-17-8-12-2-1-4-18-12)6-13-10-3-5-19(15,16)9-10/h1-5,10-11,13-14H,6-9H2. The van der Waals surface area contributed by atoms with E-state index in [9.17, 15) is 13.5 Å². The highest BCUT2D eigenvalue weighted by molar-refractivity contribution is 7.94. The van der Waals surface area contributed by atoms with Crippen molar-refractivity contribution in [3.05, 3.63) is 33.9 Å². The molecule has 0 amide bonds. The number of thiophene rings is 1. The number of nitrogens with one attached hydrogen (secondary N) is 1. The molecule has 0 bridgehead atoms. The molecular formula is C12H17NO4S2. The van der Waals surface area contributed by atoms with E-state index in [0.717, 1.165) is 4.88 Å². The van der Waals surface area contributed by atoms with Crippen molar-refractivity contribution in [3.63, 3.8) is 0 Å². The first-order chi connectivity index (χ1) is 9.05. The molecule has 19 heavy (non-hydrogen) atoms. The second-order valence-corrected chi connectivity index (χ2v) is 7.38. The Morgan fingerprint density at radius 2 is 2.42 bits per heavy atom. The Kier molecular flexibility index (Phi) is 5.12. The summed E-state index contributed by atoms with van der Waals surface area (Å²) in [6, 6.07) is 3.72. The fourth-order valence-corrected chi connectivity index (χ4v) is 3.65. The Bertz CT molecular complexity index is 510. The van der Waals surface area contributed by atoms with E-state index in [0.29, 0.717) is 13.2 Å². The lowest BCUT2D eigenvalue weighted by molar-refractivity contribution is 0.0294. The average Bonchev–Trinajstić information content (AvgIpc) is 2.96. The number of aliphatic hydroxyl groups excluding tert-OH is 1. The summed E-state index contributed by atoms with van der Waals surface area (Å²) in [4.78, 5) is 1.12. The third kappa shape index (κ3) is 5.04. The number of ether oxygens (including phenoxy) is 1. The Morgan fingerprint density at radius 1 is 1.58 bits per heavy atom. The number of rotatable bonds is 7. The molecular weight excluding hydrogens is 286 g/mol. The van der Waals surface area contributed by atoms with Gasteiger partial charge in [0.05, 0.1) is 25.1 Å². The molecule has 0 radical (unpaired) electrons. The van der Waals surface area contributed by atoms with Crippen LogP contribution >= 0.6 is 11.3 Å². The highest BCUT2D eigenvalue weighted by Crippen LogP contribution is 2.10.